The van der Waals surface area contributed by atoms with Crippen molar-refractivity contribution in [2.75, 3.05) is 11.4 Å². The Balaban J connectivity index is 1.02. The Bertz CT molecular complexity index is 2600. The molecule has 256 valence electrons. The predicted octanol–water partition coefficient (Wildman–Crippen LogP) is 12.3. The Morgan fingerprint density at radius 2 is 1.36 bits per heavy atom. The number of hydrogen-bond donors (Lipinski definition) is 1. The molecule has 7 aromatic rings. The normalized spacial score (nSPS) is 16.4. The summed E-state index contributed by atoms with van der Waals surface area (Å²) in [5, 5.41) is 4.69. The topological polar surface area (TPSA) is 20.2 Å². The zero-order valence-corrected chi connectivity index (χ0v) is 30.1. The molecule has 0 fully saturated rings. The van der Waals surface area contributed by atoms with E-state index >= 15 is 0 Å². The third-order valence-corrected chi connectivity index (χ3v) is 11.6. The summed E-state index contributed by atoms with van der Waals surface area (Å²) in [6.45, 7) is 5.59. The van der Waals surface area contributed by atoms with Crippen molar-refractivity contribution >= 4 is 39.6 Å². The Kier molecular flexibility index (Phi) is 7.36. The molecular formula is C50H41N3. The zero-order chi connectivity index (χ0) is 35.5. The maximum atomic E-state index is 3.35. The molecule has 1 N–H and O–H groups in total. The van der Waals surface area contributed by atoms with E-state index in [9.17, 15) is 0 Å². The third kappa shape index (κ3) is 5.18. The van der Waals surface area contributed by atoms with E-state index in [0.717, 1.165) is 24.3 Å². The first kappa shape index (κ1) is 31.4. The van der Waals surface area contributed by atoms with Crippen molar-refractivity contribution in [2.24, 2.45) is 0 Å². The van der Waals surface area contributed by atoms with Gasteiger partial charge in [-0.15, -0.1) is 0 Å². The van der Waals surface area contributed by atoms with Crippen LogP contribution in [-0.2, 0) is 11.8 Å². The largest absolute Gasteiger partial charge is 0.387 e. The van der Waals surface area contributed by atoms with E-state index in [0.29, 0.717) is 5.92 Å². The minimum Gasteiger partial charge on any atom is -0.387 e. The van der Waals surface area contributed by atoms with Gasteiger partial charge >= 0.3 is 0 Å². The summed E-state index contributed by atoms with van der Waals surface area (Å²) >= 11 is 0. The number of para-hydroxylation sites is 2. The van der Waals surface area contributed by atoms with Crippen LogP contribution in [-0.4, -0.2) is 11.1 Å². The van der Waals surface area contributed by atoms with E-state index in [1.165, 1.54) is 72.5 Å². The highest BCUT2D eigenvalue weighted by Crippen LogP contribution is 2.50. The molecule has 2 aliphatic carbocycles. The molecule has 3 nitrogen and oxygen atoms in total. The number of allylic oxidation sites excluding steroid dienone is 3. The lowest BCUT2D eigenvalue weighted by atomic mass is 9.82. The number of nitrogens with zero attached hydrogens (tertiary/aromatic N) is 2. The molecule has 0 spiro atoms. The fourth-order valence-electron chi connectivity index (χ4n) is 8.90. The molecule has 0 radical (unpaired) electrons. The third-order valence-electron chi connectivity index (χ3n) is 11.6. The van der Waals surface area contributed by atoms with Gasteiger partial charge in [0, 0.05) is 57.9 Å². The van der Waals surface area contributed by atoms with Crippen molar-refractivity contribution in [2.45, 2.75) is 31.6 Å². The van der Waals surface area contributed by atoms with E-state index in [-0.39, 0.29) is 5.41 Å². The maximum absolute atomic E-state index is 3.35. The number of rotatable bonds is 6. The summed E-state index contributed by atoms with van der Waals surface area (Å²) in [7, 11) is 0. The van der Waals surface area contributed by atoms with Crippen LogP contribution in [0.15, 0.2) is 170 Å². The van der Waals surface area contributed by atoms with Crippen molar-refractivity contribution in [3.63, 3.8) is 0 Å². The van der Waals surface area contributed by atoms with Crippen LogP contribution < -0.4 is 10.2 Å². The molecule has 1 aromatic heterocycles. The molecule has 1 atom stereocenters. The van der Waals surface area contributed by atoms with Gasteiger partial charge in [-0.2, -0.15) is 0 Å². The van der Waals surface area contributed by atoms with Gasteiger partial charge in [-0.3, -0.25) is 0 Å². The van der Waals surface area contributed by atoms with E-state index in [4.69, 9.17) is 0 Å². The molecule has 6 aromatic carbocycles. The molecule has 3 heteroatoms. The molecule has 10 rings (SSSR count). The van der Waals surface area contributed by atoms with Crippen LogP contribution in [0.2, 0.25) is 0 Å². The first-order valence-corrected chi connectivity index (χ1v) is 18.8. The standard InChI is InChI=1S/C50H41N3/c1-50(2)46-16-8-6-14-42(46)43-28-27-41(32-47(43)50)52(40-25-20-35(21-26-40)37-11-10-30-51-33-37)39-23-18-34(19-24-39)36-22-29-49-45(31-36)44-15-7-9-17-48(44)53(49)38-12-4-3-5-13-38/h3-29,32-33,36,51H,30-31H2,1-2H3. The Morgan fingerprint density at radius 1 is 0.660 bits per heavy atom. The van der Waals surface area contributed by atoms with Gasteiger partial charge in [-0.1, -0.05) is 123 Å². The Labute approximate surface area is 311 Å². The second-order valence-electron chi connectivity index (χ2n) is 15.0. The van der Waals surface area contributed by atoms with Crippen molar-refractivity contribution in [1.82, 2.24) is 9.88 Å². The summed E-state index contributed by atoms with van der Waals surface area (Å²) in [6.07, 6.45) is 12.2. The smallest absolute Gasteiger partial charge is 0.0537 e. The molecule has 1 unspecified atom stereocenters. The van der Waals surface area contributed by atoms with E-state index in [1.807, 2.05) is 0 Å². The molecule has 0 amide bonds. The van der Waals surface area contributed by atoms with Crippen molar-refractivity contribution in [3.8, 4) is 16.8 Å². The van der Waals surface area contributed by atoms with Crippen molar-refractivity contribution in [3.05, 3.63) is 204 Å². The Hall–Kier alpha value is -6.32. The monoisotopic (exact) mass is 683 g/mol. The van der Waals surface area contributed by atoms with Crippen LogP contribution in [0.1, 0.15) is 53.3 Å². The number of hydrogen-bond acceptors (Lipinski definition) is 2. The molecule has 2 heterocycles. The van der Waals surface area contributed by atoms with Gasteiger partial charge in [-0.05, 0) is 112 Å². The molecule has 53 heavy (non-hydrogen) atoms. The molecule has 0 bridgehead atoms. The van der Waals surface area contributed by atoms with Crippen LogP contribution in [0.5, 0.6) is 0 Å². The van der Waals surface area contributed by atoms with Crippen LogP contribution in [0.3, 0.4) is 0 Å². The Morgan fingerprint density at radius 3 is 2.15 bits per heavy atom. The van der Waals surface area contributed by atoms with Gasteiger partial charge < -0.3 is 14.8 Å². The fraction of sp³-hybridized carbons (Fsp3) is 0.120. The second kappa shape index (κ2) is 12.4. The highest BCUT2D eigenvalue weighted by molar-refractivity contribution is 5.91. The predicted molar refractivity (Wildman–Crippen MR) is 223 cm³/mol. The number of dihydropyridines is 1. The zero-order valence-electron chi connectivity index (χ0n) is 30.1. The number of anilines is 3. The fourth-order valence-corrected chi connectivity index (χ4v) is 8.90. The van der Waals surface area contributed by atoms with Crippen LogP contribution in [0, 0.1) is 0 Å². The van der Waals surface area contributed by atoms with Gasteiger partial charge in [0.15, 0.2) is 0 Å². The molecule has 0 saturated carbocycles. The minimum atomic E-state index is -0.0794. The number of benzene rings is 6. The van der Waals surface area contributed by atoms with Crippen LogP contribution in [0.4, 0.5) is 17.1 Å². The molecule has 1 aliphatic heterocycles. The van der Waals surface area contributed by atoms with E-state index in [2.05, 4.69) is 205 Å². The SMILES string of the molecule is CC1(C)c2ccccc2-c2ccc(N(c3ccc(C4=CNCC=C4)cc3)c3ccc(C4C=Cc5c(c6ccccc6n5-c5ccccc5)C4)cc3)cc21. The lowest BCUT2D eigenvalue weighted by molar-refractivity contribution is 0.660. The number of fused-ring (bicyclic) bond motifs is 6. The van der Waals surface area contributed by atoms with Crippen molar-refractivity contribution < 1.29 is 0 Å². The van der Waals surface area contributed by atoms with E-state index < -0.39 is 0 Å². The van der Waals surface area contributed by atoms with Crippen molar-refractivity contribution in [1.29, 1.82) is 0 Å². The lowest BCUT2D eigenvalue weighted by Crippen LogP contribution is -2.16. The molecule has 0 saturated heterocycles. The number of aromatic nitrogens is 1. The first-order valence-electron chi connectivity index (χ1n) is 18.8. The van der Waals surface area contributed by atoms with Gasteiger partial charge in [0.25, 0.3) is 0 Å². The molecule has 3 aliphatic rings. The van der Waals surface area contributed by atoms with Crippen LogP contribution in [0.25, 0.3) is 39.4 Å². The van der Waals surface area contributed by atoms with Gasteiger partial charge in [0.05, 0.1) is 5.52 Å². The summed E-state index contributed by atoms with van der Waals surface area (Å²) in [4.78, 5) is 2.42. The summed E-state index contributed by atoms with van der Waals surface area (Å²) in [6, 6.07) is 53.8. The van der Waals surface area contributed by atoms with Gasteiger partial charge in [0.1, 0.15) is 0 Å². The highest BCUT2D eigenvalue weighted by Gasteiger charge is 2.35. The van der Waals surface area contributed by atoms with Gasteiger partial charge in [-0.25, -0.2) is 0 Å². The average Bonchev–Trinajstić information content (AvgIpc) is 3.67. The first-order chi connectivity index (χ1) is 26.0. The van der Waals surface area contributed by atoms with E-state index in [1.54, 1.807) is 0 Å². The minimum absolute atomic E-state index is 0.0794. The lowest BCUT2D eigenvalue weighted by Gasteiger charge is -2.29. The van der Waals surface area contributed by atoms with Gasteiger partial charge in [0.2, 0.25) is 0 Å². The summed E-state index contributed by atoms with van der Waals surface area (Å²) in [5.74, 6) is 0.295. The van der Waals surface area contributed by atoms with Crippen LogP contribution >= 0.6 is 0 Å². The summed E-state index contributed by atoms with van der Waals surface area (Å²) in [5.41, 5.74) is 17.7. The number of nitrogens with one attached hydrogen (secondary N) is 1. The summed E-state index contributed by atoms with van der Waals surface area (Å²) < 4.78 is 2.41. The molecular weight excluding hydrogens is 643 g/mol. The average molecular weight is 684 g/mol. The quantitative estimate of drug-likeness (QED) is 0.188. The highest BCUT2D eigenvalue weighted by atomic mass is 15.1. The maximum Gasteiger partial charge on any atom is 0.0537 e. The second-order valence-corrected chi connectivity index (χ2v) is 15.0.